The van der Waals surface area contributed by atoms with Crippen LogP contribution in [0.5, 0.6) is 0 Å². The molecule has 2 fully saturated rings. The summed E-state index contributed by atoms with van der Waals surface area (Å²) in [6.07, 6.45) is 2.92. The Labute approximate surface area is 148 Å². The number of nitrogens with zero attached hydrogens (tertiary/aromatic N) is 3. The highest BCUT2D eigenvalue weighted by atomic mass is 16.3. The zero-order chi connectivity index (χ0) is 18.4. The van der Waals surface area contributed by atoms with Gasteiger partial charge in [0.1, 0.15) is 0 Å². The molecular weight excluding hydrogens is 322 g/mol. The predicted octanol–water partition coefficient (Wildman–Crippen LogP) is 1.60. The topological polar surface area (TPSA) is 86.9 Å². The van der Waals surface area contributed by atoms with Crippen LogP contribution in [0.3, 0.4) is 0 Å². The number of aliphatic hydroxyl groups excluding tert-OH is 1. The van der Waals surface area contributed by atoms with E-state index in [4.69, 9.17) is 4.42 Å². The molecule has 0 aliphatic carbocycles. The smallest absolute Gasteiger partial charge is 0.291 e. The van der Waals surface area contributed by atoms with E-state index in [1.807, 2.05) is 13.8 Å². The summed E-state index contributed by atoms with van der Waals surface area (Å²) < 4.78 is 5.21. The van der Waals surface area contributed by atoms with E-state index < -0.39 is 11.6 Å². The zero-order valence-corrected chi connectivity index (χ0v) is 15.4. The average Bonchev–Trinajstić information content (AvgIpc) is 2.97. The van der Waals surface area contributed by atoms with Crippen LogP contribution in [0, 0.1) is 12.3 Å². The summed E-state index contributed by atoms with van der Waals surface area (Å²) in [5.41, 5.74) is -0.0858. The van der Waals surface area contributed by atoms with Crippen molar-refractivity contribution in [1.82, 2.24) is 14.8 Å². The Bertz CT molecular complexity index is 674. The molecule has 2 aliphatic heterocycles. The van der Waals surface area contributed by atoms with Gasteiger partial charge in [-0.15, -0.1) is 0 Å². The van der Waals surface area contributed by atoms with Crippen LogP contribution in [0.2, 0.25) is 0 Å². The number of amides is 2. The molecule has 1 atom stereocenters. The van der Waals surface area contributed by atoms with E-state index >= 15 is 0 Å². The fourth-order valence-electron chi connectivity index (χ4n) is 4.16. The molecule has 2 amide bonds. The van der Waals surface area contributed by atoms with Gasteiger partial charge in [-0.05, 0) is 45.4 Å². The summed E-state index contributed by atoms with van der Waals surface area (Å²) in [5.74, 6) is 0.148. The lowest BCUT2D eigenvalue weighted by molar-refractivity contribution is -0.156. The molecule has 25 heavy (non-hydrogen) atoms. The first kappa shape index (κ1) is 17.9. The Kier molecular flexibility index (Phi) is 4.39. The third-order valence-corrected chi connectivity index (χ3v) is 6.06. The molecule has 2 saturated heterocycles. The minimum atomic E-state index is -0.566. The molecule has 1 N–H and O–H groups in total. The number of oxazole rings is 1. The number of hydrogen-bond acceptors (Lipinski definition) is 5. The lowest BCUT2D eigenvalue weighted by atomic mass is 9.67. The van der Waals surface area contributed by atoms with E-state index in [0.717, 1.165) is 12.8 Å². The van der Waals surface area contributed by atoms with Crippen molar-refractivity contribution in [2.24, 2.45) is 5.41 Å². The van der Waals surface area contributed by atoms with E-state index in [-0.39, 0.29) is 17.2 Å². The van der Waals surface area contributed by atoms with E-state index in [9.17, 15) is 14.7 Å². The van der Waals surface area contributed by atoms with E-state index in [0.29, 0.717) is 37.5 Å². The molecule has 7 heteroatoms. The van der Waals surface area contributed by atoms with Gasteiger partial charge < -0.3 is 19.3 Å². The SMILES string of the molecule is CC(=O)N1CC2(CCN(C(=O)c3ocnc3C)CC2)C[C@H](O)C1(C)C. The normalized spacial score (nSPS) is 25.2. The molecule has 3 heterocycles. The first-order valence-corrected chi connectivity index (χ1v) is 8.82. The van der Waals surface area contributed by atoms with Gasteiger partial charge in [0.25, 0.3) is 5.91 Å². The fourth-order valence-corrected chi connectivity index (χ4v) is 4.16. The Morgan fingerprint density at radius 3 is 2.48 bits per heavy atom. The third kappa shape index (κ3) is 3.05. The Balaban J connectivity index is 1.72. The third-order valence-electron chi connectivity index (χ3n) is 6.06. The highest BCUT2D eigenvalue weighted by Crippen LogP contribution is 2.45. The number of piperidine rings is 2. The van der Waals surface area contributed by atoms with Gasteiger partial charge >= 0.3 is 0 Å². The molecule has 1 aromatic rings. The lowest BCUT2D eigenvalue weighted by Gasteiger charge is -2.55. The number of rotatable bonds is 1. The summed E-state index contributed by atoms with van der Waals surface area (Å²) in [4.78, 5) is 32.2. The summed E-state index contributed by atoms with van der Waals surface area (Å²) in [5, 5.41) is 10.6. The standard InChI is InChI=1S/C18H27N3O4/c1-12-15(25-11-19-12)16(24)20-7-5-18(6-8-20)9-14(23)17(3,4)21(10-18)13(2)22/h11,14,23H,5-10H2,1-4H3/t14-/m0/s1. The molecule has 0 radical (unpaired) electrons. The maximum atomic E-state index is 12.6. The van der Waals surface area contributed by atoms with Gasteiger partial charge in [0, 0.05) is 26.6 Å². The second kappa shape index (κ2) is 6.12. The molecule has 0 saturated carbocycles. The van der Waals surface area contributed by atoms with Gasteiger partial charge in [0.2, 0.25) is 11.7 Å². The van der Waals surface area contributed by atoms with Gasteiger partial charge in [0.05, 0.1) is 17.3 Å². The highest BCUT2D eigenvalue weighted by Gasteiger charge is 2.50. The van der Waals surface area contributed by atoms with Crippen LogP contribution < -0.4 is 0 Å². The second-order valence-corrected chi connectivity index (χ2v) is 8.04. The number of aryl methyl sites for hydroxylation is 1. The molecule has 138 valence electrons. The number of carbonyl (C=O) groups excluding carboxylic acids is 2. The summed E-state index contributed by atoms with van der Waals surface area (Å²) in [6.45, 7) is 8.96. The van der Waals surface area contributed by atoms with Gasteiger partial charge in [-0.1, -0.05) is 0 Å². The first-order chi connectivity index (χ1) is 11.7. The largest absolute Gasteiger partial charge is 0.438 e. The van der Waals surface area contributed by atoms with Crippen LogP contribution in [0.15, 0.2) is 10.8 Å². The van der Waals surface area contributed by atoms with Gasteiger partial charge in [-0.2, -0.15) is 0 Å². The van der Waals surface area contributed by atoms with Gasteiger partial charge in [0.15, 0.2) is 6.39 Å². The lowest BCUT2D eigenvalue weighted by Crippen LogP contribution is -2.64. The average molecular weight is 349 g/mol. The van der Waals surface area contributed by atoms with Crippen LogP contribution in [-0.2, 0) is 4.79 Å². The van der Waals surface area contributed by atoms with Crippen molar-refractivity contribution >= 4 is 11.8 Å². The number of likely N-dealkylation sites (tertiary alicyclic amines) is 2. The molecule has 7 nitrogen and oxygen atoms in total. The van der Waals surface area contributed by atoms with Crippen molar-refractivity contribution in [3.05, 3.63) is 17.8 Å². The highest BCUT2D eigenvalue weighted by molar-refractivity contribution is 5.92. The van der Waals surface area contributed by atoms with Crippen molar-refractivity contribution in [2.75, 3.05) is 19.6 Å². The van der Waals surface area contributed by atoms with Gasteiger partial charge in [-0.3, -0.25) is 9.59 Å². The van der Waals surface area contributed by atoms with Crippen LogP contribution in [-0.4, -0.2) is 63.0 Å². The molecule has 1 aromatic heterocycles. The van der Waals surface area contributed by atoms with Crippen LogP contribution in [0.1, 0.15) is 56.3 Å². The number of aliphatic hydroxyl groups is 1. The summed E-state index contributed by atoms with van der Waals surface area (Å²) >= 11 is 0. The minimum Gasteiger partial charge on any atom is -0.438 e. The zero-order valence-electron chi connectivity index (χ0n) is 15.4. The molecule has 0 unspecified atom stereocenters. The Hall–Kier alpha value is -1.89. The van der Waals surface area contributed by atoms with Crippen molar-refractivity contribution in [1.29, 1.82) is 0 Å². The number of hydrogen-bond donors (Lipinski definition) is 1. The quantitative estimate of drug-likeness (QED) is 0.832. The monoisotopic (exact) mass is 349 g/mol. The first-order valence-electron chi connectivity index (χ1n) is 8.82. The summed E-state index contributed by atoms with van der Waals surface area (Å²) in [6, 6.07) is 0. The molecule has 0 bridgehead atoms. The van der Waals surface area contributed by atoms with E-state index in [1.165, 1.54) is 6.39 Å². The molecule has 2 aliphatic rings. The number of carbonyl (C=O) groups is 2. The van der Waals surface area contributed by atoms with Crippen molar-refractivity contribution in [3.8, 4) is 0 Å². The van der Waals surface area contributed by atoms with E-state index in [1.54, 1.807) is 23.6 Å². The van der Waals surface area contributed by atoms with E-state index in [2.05, 4.69) is 4.98 Å². The summed E-state index contributed by atoms with van der Waals surface area (Å²) in [7, 11) is 0. The van der Waals surface area contributed by atoms with Crippen LogP contribution in [0.4, 0.5) is 0 Å². The fraction of sp³-hybridized carbons (Fsp3) is 0.722. The van der Waals surface area contributed by atoms with Crippen LogP contribution in [0.25, 0.3) is 0 Å². The maximum Gasteiger partial charge on any atom is 0.291 e. The second-order valence-electron chi connectivity index (χ2n) is 8.04. The van der Waals surface area contributed by atoms with Gasteiger partial charge in [-0.25, -0.2) is 4.98 Å². The molecule has 0 aromatic carbocycles. The number of aromatic nitrogens is 1. The molecule has 1 spiro atoms. The van der Waals surface area contributed by atoms with Crippen molar-refractivity contribution < 1.29 is 19.1 Å². The Morgan fingerprint density at radius 1 is 1.32 bits per heavy atom. The Morgan fingerprint density at radius 2 is 1.96 bits per heavy atom. The molecule has 3 rings (SSSR count). The van der Waals surface area contributed by atoms with Crippen molar-refractivity contribution in [3.63, 3.8) is 0 Å². The van der Waals surface area contributed by atoms with Crippen molar-refractivity contribution in [2.45, 2.75) is 58.6 Å². The maximum absolute atomic E-state index is 12.6. The van der Waals surface area contributed by atoms with Crippen LogP contribution >= 0.6 is 0 Å². The minimum absolute atomic E-state index is 0.0149. The predicted molar refractivity (Wildman–Crippen MR) is 90.9 cm³/mol. The molecular formula is C18H27N3O4.